The maximum Gasteiger partial charge on any atom is -0.00979 e. The average Bonchev–Trinajstić information content (AvgIpc) is 2.43. The molecule has 0 rings (SSSR count). The van der Waals surface area contributed by atoms with Crippen LogP contribution in [0.2, 0.25) is 0 Å². The Bertz CT molecular complexity index is 238. The van der Waals surface area contributed by atoms with Crippen LogP contribution in [0.3, 0.4) is 0 Å². The van der Waals surface area contributed by atoms with Crippen LogP contribution in [0.5, 0.6) is 0 Å². The van der Waals surface area contributed by atoms with Crippen molar-refractivity contribution in [3.63, 3.8) is 0 Å². The van der Waals surface area contributed by atoms with Crippen molar-refractivity contribution in [3.8, 4) is 0 Å². The quantitative estimate of drug-likeness (QED) is 0.222. The van der Waals surface area contributed by atoms with Crippen LogP contribution in [0.4, 0.5) is 0 Å². The van der Waals surface area contributed by atoms with E-state index in [1.165, 1.54) is 44.9 Å². The van der Waals surface area contributed by atoms with Crippen molar-refractivity contribution in [1.29, 1.82) is 0 Å². The molecule has 0 saturated heterocycles. The van der Waals surface area contributed by atoms with Crippen molar-refractivity contribution >= 4 is 12.6 Å². The fourth-order valence-corrected chi connectivity index (χ4v) is 2.13. The van der Waals surface area contributed by atoms with Crippen LogP contribution in [-0.4, -0.2) is 5.75 Å². The fraction of sp³-hybridized carbons (Fsp3) is 0.667. The first-order valence-corrected chi connectivity index (χ1v) is 8.61. The zero-order valence-corrected chi connectivity index (χ0v) is 13.6. The Balaban J connectivity index is 3.19. The first-order valence-electron chi connectivity index (χ1n) is 7.97. The van der Waals surface area contributed by atoms with Gasteiger partial charge in [-0.2, -0.15) is 12.6 Å². The molecule has 110 valence electrons. The van der Waals surface area contributed by atoms with Crippen LogP contribution in [0.15, 0.2) is 36.5 Å². The summed E-state index contributed by atoms with van der Waals surface area (Å²) < 4.78 is 0. The molecule has 0 aliphatic heterocycles. The van der Waals surface area contributed by atoms with Crippen molar-refractivity contribution in [1.82, 2.24) is 0 Å². The lowest BCUT2D eigenvalue weighted by atomic mass is 10.1. The molecule has 0 aliphatic rings. The van der Waals surface area contributed by atoms with E-state index in [0.29, 0.717) is 0 Å². The molecule has 0 spiro atoms. The normalized spacial score (nSPS) is 12.3. The van der Waals surface area contributed by atoms with Crippen LogP contribution in [0, 0.1) is 0 Å². The number of thiol groups is 1. The molecule has 0 aliphatic carbocycles. The van der Waals surface area contributed by atoms with E-state index >= 15 is 0 Å². The van der Waals surface area contributed by atoms with E-state index in [1.807, 2.05) is 0 Å². The molecule has 0 aromatic rings. The molecule has 0 radical (unpaired) electrons. The van der Waals surface area contributed by atoms with Crippen molar-refractivity contribution in [2.24, 2.45) is 0 Å². The van der Waals surface area contributed by atoms with Gasteiger partial charge in [-0.25, -0.2) is 0 Å². The molecule has 0 aromatic carbocycles. The minimum atomic E-state index is 1.05. The maximum atomic E-state index is 4.22. The molecule has 0 fully saturated rings. The highest BCUT2D eigenvalue weighted by molar-refractivity contribution is 7.80. The summed E-state index contributed by atoms with van der Waals surface area (Å²) in [6.07, 6.45) is 26.3. The van der Waals surface area contributed by atoms with Crippen molar-refractivity contribution in [2.45, 2.75) is 71.1 Å². The fourth-order valence-electron chi connectivity index (χ4n) is 1.91. The summed E-state index contributed by atoms with van der Waals surface area (Å²) in [5.41, 5.74) is 0. The molecule has 0 saturated carbocycles. The van der Waals surface area contributed by atoms with E-state index in [1.54, 1.807) is 0 Å². The molecule has 0 aromatic heterocycles. The van der Waals surface area contributed by atoms with Crippen molar-refractivity contribution in [3.05, 3.63) is 36.5 Å². The monoisotopic (exact) mass is 280 g/mol. The summed E-state index contributed by atoms with van der Waals surface area (Å²) in [5.74, 6) is 1.05. The van der Waals surface area contributed by atoms with Gasteiger partial charge in [-0.3, -0.25) is 0 Å². The average molecular weight is 281 g/mol. The van der Waals surface area contributed by atoms with Crippen molar-refractivity contribution < 1.29 is 0 Å². The Labute approximate surface area is 126 Å². The molecule has 0 unspecified atom stereocenters. The van der Waals surface area contributed by atoms with E-state index in [2.05, 4.69) is 56.0 Å². The summed E-state index contributed by atoms with van der Waals surface area (Å²) in [6.45, 7) is 2.17. The Morgan fingerprint density at radius 2 is 1.16 bits per heavy atom. The van der Waals surface area contributed by atoms with Gasteiger partial charge in [0, 0.05) is 0 Å². The zero-order chi connectivity index (χ0) is 14.0. The highest BCUT2D eigenvalue weighted by Crippen LogP contribution is 2.08. The third-order valence-corrected chi connectivity index (χ3v) is 3.38. The third kappa shape index (κ3) is 17.6. The van der Waals surface area contributed by atoms with Gasteiger partial charge in [0.15, 0.2) is 0 Å². The van der Waals surface area contributed by atoms with Gasteiger partial charge in [0.2, 0.25) is 0 Å². The van der Waals surface area contributed by atoms with Gasteiger partial charge in [-0.05, 0) is 44.3 Å². The van der Waals surface area contributed by atoms with Crippen LogP contribution >= 0.6 is 12.6 Å². The lowest BCUT2D eigenvalue weighted by Gasteiger charge is -1.98. The van der Waals surface area contributed by atoms with E-state index in [4.69, 9.17) is 0 Å². The van der Waals surface area contributed by atoms with Crippen LogP contribution in [0.25, 0.3) is 0 Å². The highest BCUT2D eigenvalue weighted by atomic mass is 32.1. The van der Waals surface area contributed by atoms with E-state index in [-0.39, 0.29) is 0 Å². The van der Waals surface area contributed by atoms with Crippen LogP contribution in [-0.2, 0) is 0 Å². The number of rotatable bonds is 13. The van der Waals surface area contributed by atoms with Gasteiger partial charge in [-0.1, -0.05) is 69.1 Å². The molecular weight excluding hydrogens is 248 g/mol. The predicted molar refractivity (Wildman–Crippen MR) is 93.1 cm³/mol. The van der Waals surface area contributed by atoms with Crippen LogP contribution in [0.1, 0.15) is 71.1 Å². The predicted octanol–water partition coefficient (Wildman–Crippen LogP) is 6.51. The lowest BCUT2D eigenvalue weighted by molar-refractivity contribution is 0.613. The first kappa shape index (κ1) is 18.6. The molecule has 0 heterocycles. The SMILES string of the molecule is CCC=CCC=CCC=CCCCCCCCCS. The minimum absolute atomic E-state index is 1.05. The summed E-state index contributed by atoms with van der Waals surface area (Å²) >= 11 is 4.22. The standard InChI is InChI=1S/C18H32S/c1-2-3-4-5-6-7-8-9-10-11-12-13-14-15-16-17-18-19/h3-4,6-7,9-10,19H,2,5,8,11-18H2,1H3. The Hall–Kier alpha value is -0.430. The third-order valence-electron chi connectivity index (χ3n) is 3.06. The molecule has 0 amide bonds. The smallest absolute Gasteiger partial charge is 0.00979 e. The molecule has 0 nitrogen and oxygen atoms in total. The molecular formula is C18H32S. The van der Waals surface area contributed by atoms with Gasteiger partial charge in [0.25, 0.3) is 0 Å². The largest absolute Gasteiger partial charge is 0.179 e. The van der Waals surface area contributed by atoms with E-state index in [0.717, 1.165) is 25.0 Å². The second-order valence-electron chi connectivity index (χ2n) is 4.93. The second kappa shape index (κ2) is 17.6. The van der Waals surface area contributed by atoms with Gasteiger partial charge in [-0.15, -0.1) is 0 Å². The van der Waals surface area contributed by atoms with E-state index < -0.39 is 0 Å². The number of hydrogen-bond acceptors (Lipinski definition) is 1. The molecule has 0 N–H and O–H groups in total. The Morgan fingerprint density at radius 1 is 0.632 bits per heavy atom. The Morgan fingerprint density at radius 3 is 1.79 bits per heavy atom. The zero-order valence-electron chi connectivity index (χ0n) is 12.7. The van der Waals surface area contributed by atoms with Gasteiger partial charge < -0.3 is 0 Å². The number of hydrogen-bond donors (Lipinski definition) is 1. The summed E-state index contributed by atoms with van der Waals surface area (Å²) in [6, 6.07) is 0. The summed E-state index contributed by atoms with van der Waals surface area (Å²) in [5, 5.41) is 0. The summed E-state index contributed by atoms with van der Waals surface area (Å²) in [4.78, 5) is 0. The lowest BCUT2D eigenvalue weighted by Crippen LogP contribution is -1.80. The topological polar surface area (TPSA) is 0 Å². The van der Waals surface area contributed by atoms with E-state index in [9.17, 15) is 0 Å². The van der Waals surface area contributed by atoms with Gasteiger partial charge in [0.05, 0.1) is 0 Å². The second-order valence-corrected chi connectivity index (χ2v) is 5.37. The van der Waals surface area contributed by atoms with Crippen LogP contribution < -0.4 is 0 Å². The highest BCUT2D eigenvalue weighted by Gasteiger charge is 1.89. The Kier molecular flexibility index (Phi) is 17.2. The molecule has 19 heavy (non-hydrogen) atoms. The summed E-state index contributed by atoms with van der Waals surface area (Å²) in [7, 11) is 0. The molecule has 0 atom stereocenters. The molecule has 1 heteroatoms. The first-order chi connectivity index (χ1) is 9.41. The van der Waals surface area contributed by atoms with Crippen molar-refractivity contribution in [2.75, 3.05) is 5.75 Å². The maximum absolute atomic E-state index is 4.22. The minimum Gasteiger partial charge on any atom is -0.179 e. The molecule has 0 bridgehead atoms. The number of allylic oxidation sites excluding steroid dienone is 6. The number of unbranched alkanes of at least 4 members (excludes halogenated alkanes) is 6. The van der Waals surface area contributed by atoms with Gasteiger partial charge in [0.1, 0.15) is 0 Å². The van der Waals surface area contributed by atoms with Gasteiger partial charge >= 0.3 is 0 Å².